The van der Waals surface area contributed by atoms with Crippen LogP contribution in [0.3, 0.4) is 0 Å². The first-order valence-corrected chi connectivity index (χ1v) is 8.47. The summed E-state index contributed by atoms with van der Waals surface area (Å²) in [6.45, 7) is 12.9. The molecule has 2 rings (SSSR count). The first kappa shape index (κ1) is 16.1. The second-order valence-corrected chi connectivity index (χ2v) is 6.34. The van der Waals surface area contributed by atoms with Crippen molar-refractivity contribution in [2.45, 2.75) is 72.3 Å². The van der Waals surface area contributed by atoms with E-state index in [1.54, 1.807) is 0 Å². The lowest BCUT2D eigenvalue weighted by molar-refractivity contribution is 0.689. The topological polar surface area (TPSA) is 41.1 Å². The Balaban J connectivity index is 2.38. The fourth-order valence-corrected chi connectivity index (χ4v) is 2.58. The number of anilines is 2. The van der Waals surface area contributed by atoms with Crippen LogP contribution in [0.15, 0.2) is 0 Å². The van der Waals surface area contributed by atoms with Crippen molar-refractivity contribution in [3.8, 4) is 0 Å². The summed E-state index contributed by atoms with van der Waals surface area (Å²) in [6, 6.07) is 0.694. The molecule has 1 N–H and O–H groups in total. The second-order valence-electron chi connectivity index (χ2n) is 6.34. The van der Waals surface area contributed by atoms with Gasteiger partial charge in [0.15, 0.2) is 0 Å². The Morgan fingerprint density at radius 1 is 1.24 bits per heavy atom. The van der Waals surface area contributed by atoms with E-state index in [1.807, 2.05) is 0 Å². The van der Waals surface area contributed by atoms with Gasteiger partial charge < -0.3 is 10.2 Å². The van der Waals surface area contributed by atoms with Crippen molar-refractivity contribution in [3.05, 3.63) is 11.4 Å². The van der Waals surface area contributed by atoms with Crippen LogP contribution in [0.25, 0.3) is 0 Å². The van der Waals surface area contributed by atoms with Crippen LogP contribution in [0.1, 0.15) is 70.7 Å². The van der Waals surface area contributed by atoms with Crippen molar-refractivity contribution in [1.29, 1.82) is 0 Å². The number of rotatable bonds is 8. The van der Waals surface area contributed by atoms with Crippen molar-refractivity contribution in [3.63, 3.8) is 0 Å². The average Bonchev–Trinajstić information content (AvgIpc) is 3.27. The second kappa shape index (κ2) is 7.10. The van der Waals surface area contributed by atoms with Crippen LogP contribution in [-0.2, 0) is 0 Å². The molecular formula is C17H30N4. The molecule has 21 heavy (non-hydrogen) atoms. The molecule has 1 aromatic heterocycles. The predicted molar refractivity (Wildman–Crippen MR) is 90.3 cm³/mol. The zero-order valence-corrected chi connectivity index (χ0v) is 14.2. The first-order valence-electron chi connectivity index (χ1n) is 8.47. The van der Waals surface area contributed by atoms with Crippen molar-refractivity contribution in [2.24, 2.45) is 0 Å². The summed E-state index contributed by atoms with van der Waals surface area (Å²) in [5.41, 5.74) is 1.20. The smallest absolute Gasteiger partial charge is 0.137 e. The molecule has 0 bridgehead atoms. The quantitative estimate of drug-likeness (QED) is 0.782. The highest BCUT2D eigenvalue weighted by atomic mass is 15.2. The summed E-state index contributed by atoms with van der Waals surface area (Å²) in [6.07, 6.45) is 5.07. The summed E-state index contributed by atoms with van der Waals surface area (Å²) in [4.78, 5) is 12.1. The largest absolute Gasteiger partial charge is 0.370 e. The van der Waals surface area contributed by atoms with E-state index in [-0.39, 0.29) is 0 Å². The highest BCUT2D eigenvalue weighted by Gasteiger charge is 2.31. The molecule has 0 saturated heterocycles. The minimum Gasteiger partial charge on any atom is -0.370 e. The minimum absolute atomic E-state index is 0.356. The molecular weight excluding hydrogens is 260 g/mol. The van der Waals surface area contributed by atoms with E-state index < -0.39 is 0 Å². The van der Waals surface area contributed by atoms with E-state index in [0.29, 0.717) is 12.0 Å². The molecule has 4 heteroatoms. The molecule has 0 atom stereocenters. The molecule has 118 valence electrons. The van der Waals surface area contributed by atoms with Gasteiger partial charge in [0.2, 0.25) is 0 Å². The Morgan fingerprint density at radius 3 is 2.48 bits per heavy atom. The van der Waals surface area contributed by atoms with Crippen LogP contribution in [0.2, 0.25) is 0 Å². The molecule has 0 aliphatic heterocycles. The van der Waals surface area contributed by atoms with Crippen molar-refractivity contribution >= 4 is 11.6 Å². The lowest BCUT2D eigenvalue weighted by atomic mass is 10.2. The van der Waals surface area contributed by atoms with Gasteiger partial charge in [0.05, 0.1) is 0 Å². The van der Waals surface area contributed by atoms with Gasteiger partial charge in [0.25, 0.3) is 0 Å². The lowest BCUT2D eigenvalue weighted by Gasteiger charge is -2.27. The van der Waals surface area contributed by atoms with Gasteiger partial charge in [-0.15, -0.1) is 0 Å². The summed E-state index contributed by atoms with van der Waals surface area (Å²) in [5.74, 6) is 3.47. The summed E-state index contributed by atoms with van der Waals surface area (Å²) in [5, 5.41) is 3.40. The van der Waals surface area contributed by atoms with E-state index in [1.165, 1.54) is 31.2 Å². The summed E-state index contributed by atoms with van der Waals surface area (Å²) < 4.78 is 0. The Morgan fingerprint density at radius 2 is 1.95 bits per heavy atom. The highest BCUT2D eigenvalue weighted by Crippen LogP contribution is 2.35. The molecule has 1 aromatic rings. The molecule has 0 unspecified atom stereocenters. The Kier molecular flexibility index (Phi) is 5.43. The number of hydrogen-bond donors (Lipinski definition) is 1. The highest BCUT2D eigenvalue weighted by molar-refractivity contribution is 5.59. The molecule has 0 spiro atoms. The van der Waals surface area contributed by atoms with Crippen LogP contribution >= 0.6 is 0 Å². The standard InChI is InChI=1S/C17H30N4/c1-6-8-11-21(14-9-10-14)17-13(5)16(18-7-2)19-15(20-17)12(3)4/h12,14H,6-11H2,1-5H3,(H,18,19,20). The maximum absolute atomic E-state index is 4.90. The molecule has 0 amide bonds. The maximum atomic E-state index is 4.90. The normalized spacial score (nSPS) is 14.6. The van der Waals surface area contributed by atoms with Gasteiger partial charge in [0, 0.05) is 30.6 Å². The van der Waals surface area contributed by atoms with Crippen LogP contribution in [-0.4, -0.2) is 29.1 Å². The third kappa shape index (κ3) is 3.86. The third-order valence-electron chi connectivity index (χ3n) is 4.01. The molecule has 0 aromatic carbocycles. The fourth-order valence-electron chi connectivity index (χ4n) is 2.58. The third-order valence-corrected chi connectivity index (χ3v) is 4.01. The first-order chi connectivity index (χ1) is 10.1. The Labute approximate surface area is 129 Å². The Bertz CT molecular complexity index is 466. The van der Waals surface area contributed by atoms with Crippen LogP contribution in [0, 0.1) is 6.92 Å². The minimum atomic E-state index is 0.356. The molecule has 0 radical (unpaired) electrons. The van der Waals surface area contributed by atoms with Crippen molar-refractivity contribution < 1.29 is 0 Å². The molecule has 1 aliphatic rings. The molecule has 1 fully saturated rings. The summed E-state index contributed by atoms with van der Waals surface area (Å²) in [7, 11) is 0. The van der Waals surface area contributed by atoms with Gasteiger partial charge in [-0.3, -0.25) is 0 Å². The molecule has 4 nitrogen and oxygen atoms in total. The molecule has 1 aliphatic carbocycles. The lowest BCUT2D eigenvalue weighted by Crippen LogP contribution is -2.29. The van der Waals surface area contributed by atoms with Gasteiger partial charge >= 0.3 is 0 Å². The van der Waals surface area contributed by atoms with Gasteiger partial charge in [-0.05, 0) is 33.1 Å². The van der Waals surface area contributed by atoms with E-state index >= 15 is 0 Å². The maximum Gasteiger partial charge on any atom is 0.137 e. The van der Waals surface area contributed by atoms with Crippen LogP contribution in [0.5, 0.6) is 0 Å². The van der Waals surface area contributed by atoms with Gasteiger partial charge in [-0.2, -0.15) is 0 Å². The monoisotopic (exact) mass is 290 g/mol. The van der Waals surface area contributed by atoms with E-state index in [0.717, 1.165) is 30.5 Å². The van der Waals surface area contributed by atoms with E-state index in [4.69, 9.17) is 9.97 Å². The SMILES string of the molecule is CCCCN(c1nc(C(C)C)nc(NCC)c1C)C1CC1. The van der Waals surface area contributed by atoms with Crippen molar-refractivity contribution in [1.82, 2.24) is 9.97 Å². The van der Waals surface area contributed by atoms with Crippen LogP contribution in [0.4, 0.5) is 11.6 Å². The number of nitrogens with zero attached hydrogens (tertiary/aromatic N) is 3. The van der Waals surface area contributed by atoms with Gasteiger partial charge in [0.1, 0.15) is 17.5 Å². The number of aromatic nitrogens is 2. The fraction of sp³-hybridized carbons (Fsp3) is 0.765. The Hall–Kier alpha value is -1.32. The zero-order valence-electron chi connectivity index (χ0n) is 14.2. The van der Waals surface area contributed by atoms with E-state index in [2.05, 4.69) is 44.8 Å². The van der Waals surface area contributed by atoms with Gasteiger partial charge in [-0.1, -0.05) is 27.2 Å². The van der Waals surface area contributed by atoms with Crippen LogP contribution < -0.4 is 10.2 Å². The van der Waals surface area contributed by atoms with E-state index in [9.17, 15) is 0 Å². The molecule has 1 saturated carbocycles. The van der Waals surface area contributed by atoms with Crippen molar-refractivity contribution in [2.75, 3.05) is 23.3 Å². The average molecular weight is 290 g/mol. The predicted octanol–water partition coefficient (Wildman–Crippen LogP) is 4.11. The molecule has 1 heterocycles. The number of nitrogens with one attached hydrogen (secondary N) is 1. The summed E-state index contributed by atoms with van der Waals surface area (Å²) >= 11 is 0. The van der Waals surface area contributed by atoms with Gasteiger partial charge in [-0.25, -0.2) is 9.97 Å². The number of unbranched alkanes of at least 4 members (excludes halogenated alkanes) is 1. The number of hydrogen-bond acceptors (Lipinski definition) is 4. The zero-order chi connectivity index (χ0) is 15.4.